The van der Waals surface area contributed by atoms with Crippen molar-refractivity contribution >= 4 is 11.9 Å². The molecule has 0 saturated carbocycles. The second-order valence-electron chi connectivity index (χ2n) is 6.41. The smallest absolute Gasteiger partial charge is 0.340 e. The third kappa shape index (κ3) is 4.95. The fourth-order valence-corrected chi connectivity index (χ4v) is 3.03. The van der Waals surface area contributed by atoms with Crippen LogP contribution in [-0.2, 0) is 16.0 Å². The molecule has 0 aliphatic rings. The van der Waals surface area contributed by atoms with Gasteiger partial charge in [-0.3, -0.25) is 4.79 Å². The Morgan fingerprint density at radius 3 is 2.44 bits per heavy atom. The molecule has 134 valence electrons. The monoisotopic (exact) mass is 342 g/mol. The van der Waals surface area contributed by atoms with E-state index in [0.717, 1.165) is 23.4 Å². The van der Waals surface area contributed by atoms with E-state index in [1.165, 1.54) is 0 Å². The number of ether oxygens (including phenoxy) is 1. The molecule has 5 heteroatoms. The summed E-state index contributed by atoms with van der Waals surface area (Å²) in [4.78, 5) is 24.1. The number of hydrogen-bond acceptors (Lipinski definition) is 3. The lowest BCUT2D eigenvalue weighted by atomic mass is 10.1. The minimum atomic E-state index is -0.460. The first kappa shape index (κ1) is 18.8. The van der Waals surface area contributed by atoms with Gasteiger partial charge in [-0.15, -0.1) is 0 Å². The molecule has 0 radical (unpaired) electrons. The maximum absolute atomic E-state index is 12.2. The molecule has 0 aliphatic heterocycles. The summed E-state index contributed by atoms with van der Waals surface area (Å²) >= 11 is 0. The number of aromatic nitrogens is 1. The largest absolute Gasteiger partial charge is 0.452 e. The summed E-state index contributed by atoms with van der Waals surface area (Å²) in [6.45, 7) is 8.23. The predicted molar refractivity (Wildman–Crippen MR) is 97.7 cm³/mol. The van der Waals surface area contributed by atoms with Gasteiger partial charge in [-0.2, -0.15) is 0 Å². The van der Waals surface area contributed by atoms with Crippen molar-refractivity contribution in [2.45, 2.75) is 40.2 Å². The van der Waals surface area contributed by atoms with Crippen molar-refractivity contribution in [2.24, 2.45) is 0 Å². The predicted octanol–water partition coefficient (Wildman–Crippen LogP) is 3.20. The summed E-state index contributed by atoms with van der Waals surface area (Å²) in [6, 6.07) is 12.0. The molecular weight excluding hydrogens is 316 g/mol. The van der Waals surface area contributed by atoms with Gasteiger partial charge in [0.15, 0.2) is 6.61 Å². The van der Waals surface area contributed by atoms with Crippen LogP contribution in [0.15, 0.2) is 36.4 Å². The molecule has 5 nitrogen and oxygen atoms in total. The van der Waals surface area contributed by atoms with E-state index in [2.05, 4.69) is 23.7 Å². The summed E-state index contributed by atoms with van der Waals surface area (Å²) in [5.41, 5.74) is 3.54. The molecule has 0 fully saturated rings. The summed E-state index contributed by atoms with van der Waals surface area (Å²) in [6.07, 6.45) is 0.746. The highest BCUT2D eigenvalue weighted by molar-refractivity contribution is 5.92. The topological polar surface area (TPSA) is 60.3 Å². The van der Waals surface area contributed by atoms with Crippen molar-refractivity contribution in [1.29, 1.82) is 0 Å². The van der Waals surface area contributed by atoms with Crippen LogP contribution in [0.1, 0.15) is 47.2 Å². The minimum Gasteiger partial charge on any atom is -0.452 e. The molecule has 2 rings (SSSR count). The number of esters is 1. The third-order valence-electron chi connectivity index (χ3n) is 4.13. The Balaban J connectivity index is 1.81. The zero-order valence-electron chi connectivity index (χ0n) is 15.3. The van der Waals surface area contributed by atoms with Crippen LogP contribution in [0, 0.1) is 13.8 Å². The second kappa shape index (κ2) is 8.51. The van der Waals surface area contributed by atoms with Gasteiger partial charge in [-0.05, 0) is 45.7 Å². The fourth-order valence-electron chi connectivity index (χ4n) is 3.03. The van der Waals surface area contributed by atoms with Crippen LogP contribution in [0.25, 0.3) is 0 Å². The van der Waals surface area contributed by atoms with Crippen LogP contribution in [0.3, 0.4) is 0 Å². The number of rotatable bonds is 7. The average molecular weight is 342 g/mol. The number of carbonyl (C=O) groups excluding carboxylic acids is 2. The van der Waals surface area contributed by atoms with Crippen molar-refractivity contribution in [3.8, 4) is 0 Å². The number of nitrogens with zero attached hydrogens (tertiary/aromatic N) is 1. The van der Waals surface area contributed by atoms with E-state index in [-0.39, 0.29) is 18.6 Å². The molecular formula is C20H26N2O3. The standard InChI is InChI=1S/C20H26N2O3/c1-14(2)22-15(3)12-18(16(22)4)20(24)25-13-19(23)21-11-10-17-8-6-5-7-9-17/h5-9,12,14H,10-11,13H2,1-4H3,(H,21,23). The number of benzene rings is 1. The molecule has 1 aromatic carbocycles. The normalized spacial score (nSPS) is 10.8. The van der Waals surface area contributed by atoms with Gasteiger partial charge >= 0.3 is 5.97 Å². The van der Waals surface area contributed by atoms with Gasteiger partial charge in [0.1, 0.15) is 0 Å². The van der Waals surface area contributed by atoms with Crippen molar-refractivity contribution in [3.05, 3.63) is 58.9 Å². The molecule has 1 aromatic heterocycles. The van der Waals surface area contributed by atoms with Crippen LogP contribution in [-0.4, -0.2) is 29.6 Å². The van der Waals surface area contributed by atoms with E-state index >= 15 is 0 Å². The molecule has 0 atom stereocenters. The van der Waals surface area contributed by atoms with E-state index in [0.29, 0.717) is 12.1 Å². The molecule has 0 unspecified atom stereocenters. The zero-order chi connectivity index (χ0) is 18.4. The average Bonchev–Trinajstić information content (AvgIpc) is 2.88. The van der Waals surface area contributed by atoms with Gasteiger partial charge < -0.3 is 14.6 Å². The highest BCUT2D eigenvalue weighted by atomic mass is 16.5. The summed E-state index contributed by atoms with van der Waals surface area (Å²) in [7, 11) is 0. The Kier molecular flexibility index (Phi) is 6.39. The fraction of sp³-hybridized carbons (Fsp3) is 0.400. The molecule has 1 N–H and O–H groups in total. The molecule has 25 heavy (non-hydrogen) atoms. The van der Waals surface area contributed by atoms with Crippen LogP contribution >= 0.6 is 0 Å². The van der Waals surface area contributed by atoms with Crippen molar-refractivity contribution in [1.82, 2.24) is 9.88 Å². The molecule has 0 spiro atoms. The van der Waals surface area contributed by atoms with E-state index in [4.69, 9.17) is 4.74 Å². The lowest BCUT2D eigenvalue weighted by Gasteiger charge is -2.13. The molecule has 1 amide bonds. The first-order valence-electron chi connectivity index (χ1n) is 8.56. The van der Waals surface area contributed by atoms with Crippen molar-refractivity contribution in [2.75, 3.05) is 13.2 Å². The van der Waals surface area contributed by atoms with E-state index < -0.39 is 5.97 Å². The Morgan fingerprint density at radius 1 is 1.16 bits per heavy atom. The Hall–Kier alpha value is -2.56. The minimum absolute atomic E-state index is 0.265. The first-order chi connectivity index (χ1) is 11.9. The molecule has 0 aliphatic carbocycles. The van der Waals surface area contributed by atoms with Crippen LogP contribution in [0.2, 0.25) is 0 Å². The van der Waals surface area contributed by atoms with Crippen LogP contribution in [0.5, 0.6) is 0 Å². The van der Waals surface area contributed by atoms with Gasteiger partial charge in [0.05, 0.1) is 5.56 Å². The number of carbonyl (C=O) groups is 2. The molecule has 2 aromatic rings. The van der Waals surface area contributed by atoms with Gasteiger partial charge in [-0.1, -0.05) is 30.3 Å². The lowest BCUT2D eigenvalue weighted by Crippen LogP contribution is -2.30. The first-order valence-corrected chi connectivity index (χ1v) is 8.56. The number of aryl methyl sites for hydroxylation is 1. The summed E-state index contributed by atoms with van der Waals surface area (Å²) in [5, 5.41) is 2.77. The van der Waals surface area contributed by atoms with Gasteiger partial charge in [-0.25, -0.2) is 4.79 Å². The van der Waals surface area contributed by atoms with E-state index in [1.54, 1.807) is 0 Å². The maximum atomic E-state index is 12.2. The zero-order valence-corrected chi connectivity index (χ0v) is 15.3. The number of hydrogen-bond donors (Lipinski definition) is 1. The van der Waals surface area contributed by atoms with Crippen LogP contribution in [0.4, 0.5) is 0 Å². The SMILES string of the molecule is Cc1cc(C(=O)OCC(=O)NCCc2ccccc2)c(C)n1C(C)C. The Labute approximate surface area is 149 Å². The van der Waals surface area contributed by atoms with E-state index in [1.807, 2.05) is 50.2 Å². The highest BCUT2D eigenvalue weighted by Gasteiger charge is 2.19. The maximum Gasteiger partial charge on any atom is 0.340 e. The molecule has 0 saturated heterocycles. The third-order valence-corrected chi connectivity index (χ3v) is 4.13. The van der Waals surface area contributed by atoms with Crippen molar-refractivity contribution < 1.29 is 14.3 Å². The second-order valence-corrected chi connectivity index (χ2v) is 6.41. The Morgan fingerprint density at radius 2 is 1.84 bits per heavy atom. The van der Waals surface area contributed by atoms with Gasteiger partial charge in [0.25, 0.3) is 5.91 Å². The lowest BCUT2D eigenvalue weighted by molar-refractivity contribution is -0.124. The quantitative estimate of drug-likeness (QED) is 0.786. The van der Waals surface area contributed by atoms with Crippen molar-refractivity contribution in [3.63, 3.8) is 0 Å². The number of amides is 1. The van der Waals surface area contributed by atoms with E-state index in [9.17, 15) is 9.59 Å². The summed E-state index contributed by atoms with van der Waals surface area (Å²) in [5.74, 6) is -0.750. The molecule has 1 heterocycles. The van der Waals surface area contributed by atoms with Gasteiger partial charge in [0.2, 0.25) is 0 Å². The summed E-state index contributed by atoms with van der Waals surface area (Å²) < 4.78 is 7.24. The highest BCUT2D eigenvalue weighted by Crippen LogP contribution is 2.20. The van der Waals surface area contributed by atoms with Gasteiger partial charge in [0, 0.05) is 24.0 Å². The number of nitrogens with one attached hydrogen (secondary N) is 1. The Bertz CT molecular complexity index is 733. The molecule has 0 bridgehead atoms. The van der Waals surface area contributed by atoms with Crippen LogP contribution < -0.4 is 5.32 Å².